The molecule has 0 spiro atoms. The first kappa shape index (κ1) is 12.1. The zero-order chi connectivity index (χ0) is 12.7. The number of halogens is 1. The Morgan fingerprint density at radius 1 is 0.944 bits per heavy atom. The summed E-state index contributed by atoms with van der Waals surface area (Å²) in [6.07, 6.45) is 4.08. The SMILES string of the molecule is O=C1c2ccccc2C(=O)N1[C@H]1CC[C@@H](I)CC1. The van der Waals surface area contributed by atoms with Crippen LogP contribution in [0.1, 0.15) is 46.4 Å². The zero-order valence-corrected chi connectivity index (χ0v) is 12.1. The molecule has 0 aromatic heterocycles. The molecular weight excluding hydrogens is 341 g/mol. The lowest BCUT2D eigenvalue weighted by atomic mass is 9.94. The highest BCUT2D eigenvalue weighted by atomic mass is 127. The summed E-state index contributed by atoms with van der Waals surface area (Å²) in [5.41, 5.74) is 1.14. The van der Waals surface area contributed by atoms with Gasteiger partial charge in [-0.1, -0.05) is 34.7 Å². The normalized spacial score (nSPS) is 27.5. The Labute approximate surface area is 120 Å². The van der Waals surface area contributed by atoms with Crippen LogP contribution in [0.4, 0.5) is 0 Å². The minimum atomic E-state index is -0.104. The second-order valence-corrected chi connectivity index (χ2v) is 6.69. The molecular formula is C14H14INO2. The van der Waals surface area contributed by atoms with Crippen LogP contribution >= 0.6 is 22.6 Å². The van der Waals surface area contributed by atoms with E-state index in [9.17, 15) is 9.59 Å². The fraction of sp³-hybridized carbons (Fsp3) is 0.429. The highest BCUT2D eigenvalue weighted by Gasteiger charge is 2.40. The third kappa shape index (κ3) is 1.86. The van der Waals surface area contributed by atoms with Crippen LogP contribution in [0, 0.1) is 0 Å². The number of hydrogen-bond donors (Lipinski definition) is 0. The van der Waals surface area contributed by atoms with Crippen molar-refractivity contribution >= 4 is 34.4 Å². The molecule has 94 valence electrons. The van der Waals surface area contributed by atoms with Gasteiger partial charge in [0, 0.05) is 9.97 Å². The quantitative estimate of drug-likeness (QED) is 0.441. The third-order valence-electron chi connectivity index (χ3n) is 3.82. The smallest absolute Gasteiger partial charge is 0.261 e. The molecule has 0 N–H and O–H groups in total. The van der Waals surface area contributed by atoms with E-state index in [4.69, 9.17) is 0 Å². The number of rotatable bonds is 1. The standard InChI is InChI=1S/C14H14INO2/c15-9-5-7-10(8-6-9)16-13(17)11-3-1-2-4-12(11)14(16)18/h1-4,9-10H,5-8H2/t9-,10+. The second-order valence-electron chi connectivity index (χ2n) is 4.93. The van der Waals surface area contributed by atoms with E-state index in [1.807, 2.05) is 12.1 Å². The molecule has 1 saturated carbocycles. The molecule has 2 aliphatic rings. The molecule has 1 aromatic rings. The highest BCUT2D eigenvalue weighted by molar-refractivity contribution is 14.1. The molecule has 3 nitrogen and oxygen atoms in total. The summed E-state index contributed by atoms with van der Waals surface area (Å²) in [5, 5.41) is 0. The number of imide groups is 1. The Morgan fingerprint density at radius 2 is 1.44 bits per heavy atom. The van der Waals surface area contributed by atoms with Gasteiger partial charge >= 0.3 is 0 Å². The van der Waals surface area contributed by atoms with Gasteiger partial charge in [-0.05, 0) is 37.8 Å². The fourth-order valence-electron chi connectivity index (χ4n) is 2.83. The van der Waals surface area contributed by atoms with Gasteiger partial charge in [0.1, 0.15) is 0 Å². The molecule has 0 unspecified atom stereocenters. The Bertz CT molecular complexity index is 471. The molecule has 0 saturated heterocycles. The summed E-state index contributed by atoms with van der Waals surface area (Å²) in [5.74, 6) is -0.208. The third-order valence-corrected chi connectivity index (χ3v) is 5.06. The maximum atomic E-state index is 12.3. The number of amides is 2. The Balaban J connectivity index is 1.88. The van der Waals surface area contributed by atoms with E-state index in [0.29, 0.717) is 15.1 Å². The van der Waals surface area contributed by atoms with E-state index in [1.54, 1.807) is 12.1 Å². The molecule has 1 aromatic carbocycles. The maximum Gasteiger partial charge on any atom is 0.261 e. The molecule has 0 radical (unpaired) electrons. The predicted octanol–water partition coefficient (Wildman–Crippen LogP) is 3.03. The van der Waals surface area contributed by atoms with Crippen molar-refractivity contribution in [1.82, 2.24) is 4.90 Å². The summed E-state index contributed by atoms with van der Waals surface area (Å²) in [7, 11) is 0. The average Bonchev–Trinajstić information content (AvgIpc) is 2.64. The molecule has 2 amide bonds. The van der Waals surface area contributed by atoms with Gasteiger partial charge in [-0.15, -0.1) is 0 Å². The highest BCUT2D eigenvalue weighted by Crippen LogP contribution is 2.32. The van der Waals surface area contributed by atoms with Crippen molar-refractivity contribution in [2.45, 2.75) is 35.6 Å². The number of carbonyl (C=O) groups excluding carboxylic acids is 2. The van der Waals surface area contributed by atoms with Gasteiger partial charge in [0.2, 0.25) is 0 Å². The molecule has 0 bridgehead atoms. The molecule has 1 aliphatic carbocycles. The van der Waals surface area contributed by atoms with E-state index < -0.39 is 0 Å². The van der Waals surface area contributed by atoms with Gasteiger partial charge in [-0.2, -0.15) is 0 Å². The van der Waals surface area contributed by atoms with Crippen molar-refractivity contribution in [2.24, 2.45) is 0 Å². The van der Waals surface area contributed by atoms with Gasteiger partial charge < -0.3 is 0 Å². The Hall–Kier alpha value is -0.910. The lowest BCUT2D eigenvalue weighted by Gasteiger charge is -2.31. The molecule has 1 aliphatic heterocycles. The number of fused-ring (bicyclic) bond motifs is 1. The molecule has 3 rings (SSSR count). The summed E-state index contributed by atoms with van der Waals surface area (Å²) >= 11 is 2.45. The van der Waals surface area contributed by atoms with E-state index in [2.05, 4.69) is 22.6 Å². The van der Waals surface area contributed by atoms with Crippen LogP contribution in [0.2, 0.25) is 0 Å². The minimum absolute atomic E-state index is 0.100. The summed E-state index contributed by atoms with van der Waals surface area (Å²) < 4.78 is 0.689. The maximum absolute atomic E-state index is 12.3. The number of benzene rings is 1. The number of alkyl halides is 1. The molecule has 4 heteroatoms. The van der Waals surface area contributed by atoms with Crippen LogP contribution in [-0.2, 0) is 0 Å². The van der Waals surface area contributed by atoms with Crippen LogP contribution in [0.5, 0.6) is 0 Å². The average molecular weight is 355 g/mol. The van der Waals surface area contributed by atoms with Crippen molar-refractivity contribution in [3.8, 4) is 0 Å². The van der Waals surface area contributed by atoms with E-state index in [-0.39, 0.29) is 17.9 Å². The monoisotopic (exact) mass is 355 g/mol. The van der Waals surface area contributed by atoms with Crippen molar-refractivity contribution in [1.29, 1.82) is 0 Å². The van der Waals surface area contributed by atoms with E-state index >= 15 is 0 Å². The van der Waals surface area contributed by atoms with Crippen LogP contribution in [0.25, 0.3) is 0 Å². The molecule has 1 heterocycles. The number of nitrogens with zero attached hydrogens (tertiary/aromatic N) is 1. The second kappa shape index (κ2) is 4.64. The zero-order valence-electron chi connectivity index (χ0n) is 9.93. The van der Waals surface area contributed by atoms with Crippen molar-refractivity contribution < 1.29 is 9.59 Å². The van der Waals surface area contributed by atoms with Crippen molar-refractivity contribution in [3.63, 3.8) is 0 Å². The van der Waals surface area contributed by atoms with Crippen molar-refractivity contribution in [2.75, 3.05) is 0 Å². The first-order valence-corrected chi connectivity index (χ1v) is 7.54. The first-order chi connectivity index (χ1) is 8.68. The van der Waals surface area contributed by atoms with Gasteiger partial charge in [-0.3, -0.25) is 14.5 Å². The van der Waals surface area contributed by atoms with E-state index in [1.165, 1.54) is 4.90 Å². The van der Waals surface area contributed by atoms with Crippen LogP contribution in [0.3, 0.4) is 0 Å². The number of carbonyl (C=O) groups is 2. The lowest BCUT2D eigenvalue weighted by Crippen LogP contribution is -2.42. The summed E-state index contributed by atoms with van der Waals surface area (Å²) in [6, 6.07) is 7.23. The van der Waals surface area contributed by atoms with Gasteiger partial charge in [0.15, 0.2) is 0 Å². The predicted molar refractivity (Wildman–Crippen MR) is 77.0 cm³/mol. The van der Waals surface area contributed by atoms with Gasteiger partial charge in [-0.25, -0.2) is 0 Å². The topological polar surface area (TPSA) is 37.4 Å². The minimum Gasteiger partial charge on any atom is -0.271 e. The van der Waals surface area contributed by atoms with Gasteiger partial charge in [0.05, 0.1) is 11.1 Å². The summed E-state index contributed by atoms with van der Waals surface area (Å²) in [6.45, 7) is 0. The molecule has 0 atom stereocenters. The largest absolute Gasteiger partial charge is 0.271 e. The lowest BCUT2D eigenvalue weighted by molar-refractivity contribution is 0.0551. The van der Waals surface area contributed by atoms with Gasteiger partial charge in [0.25, 0.3) is 11.8 Å². The summed E-state index contributed by atoms with van der Waals surface area (Å²) in [4.78, 5) is 26.1. The Morgan fingerprint density at radius 3 is 1.94 bits per heavy atom. The first-order valence-electron chi connectivity index (χ1n) is 6.29. The number of hydrogen-bond acceptors (Lipinski definition) is 2. The molecule has 1 fully saturated rings. The molecule has 18 heavy (non-hydrogen) atoms. The van der Waals surface area contributed by atoms with Crippen LogP contribution in [-0.4, -0.2) is 26.7 Å². The van der Waals surface area contributed by atoms with Crippen LogP contribution < -0.4 is 0 Å². The van der Waals surface area contributed by atoms with E-state index in [0.717, 1.165) is 25.7 Å². The fourth-order valence-corrected chi connectivity index (χ4v) is 3.55. The van der Waals surface area contributed by atoms with Crippen LogP contribution in [0.15, 0.2) is 24.3 Å². The Kier molecular flexibility index (Phi) is 3.13. The van der Waals surface area contributed by atoms with Crippen molar-refractivity contribution in [3.05, 3.63) is 35.4 Å².